The third-order valence-electron chi connectivity index (χ3n) is 6.17. The maximum Gasteiger partial charge on any atom is 0.268 e. The van der Waals surface area contributed by atoms with Crippen molar-refractivity contribution in [3.63, 3.8) is 0 Å². The van der Waals surface area contributed by atoms with Gasteiger partial charge in [0.2, 0.25) is 0 Å². The Labute approximate surface area is 194 Å². The number of carbonyl (C=O) groups is 2. The molecule has 6 heteroatoms. The third kappa shape index (κ3) is 2.60. The zero-order valence-electron chi connectivity index (χ0n) is 17.7. The van der Waals surface area contributed by atoms with E-state index >= 15 is 0 Å². The second-order valence-corrected chi connectivity index (χ2v) is 8.00. The van der Waals surface area contributed by atoms with Gasteiger partial charge in [0.15, 0.2) is 0 Å². The number of benzene rings is 4. The topological polar surface area (TPSA) is 89.9 Å². The van der Waals surface area contributed by atoms with Crippen molar-refractivity contribution in [2.24, 2.45) is 0 Å². The molecule has 0 radical (unpaired) electrons. The van der Waals surface area contributed by atoms with Crippen molar-refractivity contribution < 1.29 is 9.59 Å². The van der Waals surface area contributed by atoms with E-state index in [9.17, 15) is 20.1 Å². The number of aromatic nitrogens is 1. The Bertz CT molecular complexity index is 1700. The first-order valence-corrected chi connectivity index (χ1v) is 10.6. The van der Waals surface area contributed by atoms with Crippen LogP contribution in [-0.4, -0.2) is 16.4 Å². The number of nitriles is 2. The molecule has 0 saturated heterocycles. The molecule has 6 nitrogen and oxygen atoms in total. The molecule has 0 atom stereocenters. The van der Waals surface area contributed by atoms with Crippen LogP contribution < -0.4 is 4.90 Å². The molecule has 0 aliphatic carbocycles. The van der Waals surface area contributed by atoms with E-state index in [2.05, 4.69) is 12.1 Å². The van der Waals surface area contributed by atoms with Crippen molar-refractivity contribution in [2.45, 2.75) is 0 Å². The van der Waals surface area contributed by atoms with Crippen LogP contribution in [0, 0.1) is 22.7 Å². The van der Waals surface area contributed by atoms with E-state index in [0.29, 0.717) is 33.6 Å². The van der Waals surface area contributed by atoms with Crippen molar-refractivity contribution >= 4 is 39.3 Å². The number of anilines is 1. The molecular formula is C28H14N4O2. The fourth-order valence-electron chi connectivity index (χ4n) is 4.68. The van der Waals surface area contributed by atoms with E-state index in [-0.39, 0.29) is 5.91 Å². The summed E-state index contributed by atoms with van der Waals surface area (Å²) in [6, 6.07) is 29.1. The second-order valence-electron chi connectivity index (χ2n) is 8.00. The van der Waals surface area contributed by atoms with Crippen LogP contribution in [-0.2, 0) is 0 Å². The summed E-state index contributed by atoms with van der Waals surface area (Å²) >= 11 is 0. The van der Waals surface area contributed by atoms with E-state index in [1.54, 1.807) is 66.7 Å². The lowest BCUT2D eigenvalue weighted by Crippen LogP contribution is -2.29. The summed E-state index contributed by atoms with van der Waals surface area (Å²) in [7, 11) is 0. The highest BCUT2D eigenvalue weighted by atomic mass is 16.2. The highest BCUT2D eigenvalue weighted by Crippen LogP contribution is 2.38. The van der Waals surface area contributed by atoms with Gasteiger partial charge in [-0.05, 0) is 48.5 Å². The Balaban J connectivity index is 1.70. The summed E-state index contributed by atoms with van der Waals surface area (Å²) < 4.78 is 1.87. The van der Waals surface area contributed by atoms with Crippen LogP contribution in [0.15, 0.2) is 84.9 Å². The summed E-state index contributed by atoms with van der Waals surface area (Å²) in [6.45, 7) is 0. The van der Waals surface area contributed by atoms with Gasteiger partial charge in [-0.1, -0.05) is 36.4 Å². The maximum absolute atomic E-state index is 13.6. The largest absolute Gasteiger partial charge is 0.308 e. The standard InChI is InChI=1S/C28H14N4O2/c29-15-17-9-11-20-21-12-10-18(16-30)14-25(21)32(24(20)13-17)23-8-4-7-22-26(23)28(34)31(27(22)33)19-5-2-1-3-6-19/h1-14H. The number of imide groups is 1. The molecule has 0 spiro atoms. The lowest BCUT2D eigenvalue weighted by molar-refractivity contribution is 0.0926. The molecule has 0 saturated carbocycles. The predicted octanol–water partition coefficient (Wildman–Crippen LogP) is 5.33. The van der Waals surface area contributed by atoms with Gasteiger partial charge in [-0.15, -0.1) is 0 Å². The average Bonchev–Trinajstić information content (AvgIpc) is 3.34. The number of para-hydroxylation sites is 1. The van der Waals surface area contributed by atoms with Gasteiger partial charge in [0.25, 0.3) is 11.8 Å². The summed E-state index contributed by atoms with van der Waals surface area (Å²) in [5.41, 5.74) is 4.01. The molecule has 2 amide bonds. The van der Waals surface area contributed by atoms with Gasteiger partial charge >= 0.3 is 0 Å². The summed E-state index contributed by atoms with van der Waals surface area (Å²) in [6.07, 6.45) is 0. The molecule has 5 aromatic rings. The minimum Gasteiger partial charge on any atom is -0.308 e. The SMILES string of the molecule is N#Cc1ccc2c3ccc(C#N)cc3n(-c3cccc4c3C(=O)N(c3ccccc3)C4=O)c2c1. The number of carbonyl (C=O) groups excluding carboxylic acids is 2. The van der Waals surface area contributed by atoms with Gasteiger partial charge < -0.3 is 4.57 Å². The lowest BCUT2D eigenvalue weighted by atomic mass is 10.1. The Hall–Kier alpha value is -5.20. The number of amides is 2. The lowest BCUT2D eigenvalue weighted by Gasteiger charge is -2.14. The monoisotopic (exact) mass is 438 g/mol. The van der Waals surface area contributed by atoms with Crippen molar-refractivity contribution in [2.75, 3.05) is 4.90 Å². The molecule has 0 N–H and O–H groups in total. The molecular weight excluding hydrogens is 424 g/mol. The van der Waals surface area contributed by atoms with Crippen LogP contribution in [0.2, 0.25) is 0 Å². The quantitative estimate of drug-likeness (QED) is 0.349. The summed E-state index contributed by atoms with van der Waals surface area (Å²) in [5.74, 6) is -0.797. The number of fused-ring (bicyclic) bond motifs is 4. The van der Waals surface area contributed by atoms with Crippen molar-refractivity contribution in [3.05, 3.63) is 107 Å². The van der Waals surface area contributed by atoms with E-state index in [1.807, 2.05) is 22.8 Å². The highest BCUT2D eigenvalue weighted by molar-refractivity contribution is 6.35. The Morgan fingerprint density at radius 2 is 1.26 bits per heavy atom. The first-order chi connectivity index (χ1) is 16.6. The maximum atomic E-state index is 13.6. The molecule has 0 fully saturated rings. The van der Waals surface area contributed by atoms with Gasteiger partial charge in [0.05, 0.1) is 56.8 Å². The fraction of sp³-hybridized carbons (Fsp3) is 0. The average molecular weight is 438 g/mol. The van der Waals surface area contributed by atoms with Crippen molar-refractivity contribution in [1.29, 1.82) is 10.5 Å². The van der Waals surface area contributed by atoms with Crippen LogP contribution in [0.4, 0.5) is 5.69 Å². The second kappa shape index (κ2) is 7.16. The zero-order valence-corrected chi connectivity index (χ0v) is 17.7. The van der Waals surface area contributed by atoms with Gasteiger partial charge in [-0.2, -0.15) is 10.5 Å². The minimum atomic E-state index is -0.412. The smallest absolute Gasteiger partial charge is 0.268 e. The molecule has 1 aliphatic rings. The van der Waals surface area contributed by atoms with Crippen LogP contribution >= 0.6 is 0 Å². The number of rotatable bonds is 2. The minimum absolute atomic E-state index is 0.292. The Morgan fingerprint density at radius 1 is 0.647 bits per heavy atom. The van der Waals surface area contributed by atoms with Crippen LogP contribution in [0.3, 0.4) is 0 Å². The van der Waals surface area contributed by atoms with Crippen LogP contribution in [0.1, 0.15) is 31.8 Å². The van der Waals surface area contributed by atoms with Crippen molar-refractivity contribution in [1.82, 2.24) is 4.57 Å². The fourth-order valence-corrected chi connectivity index (χ4v) is 4.68. The summed E-state index contributed by atoms with van der Waals surface area (Å²) in [4.78, 5) is 28.1. The van der Waals surface area contributed by atoms with Crippen molar-refractivity contribution in [3.8, 4) is 17.8 Å². The normalized spacial score (nSPS) is 12.7. The first kappa shape index (κ1) is 19.5. The molecule has 2 heterocycles. The first-order valence-electron chi connectivity index (χ1n) is 10.6. The number of nitrogens with zero attached hydrogens (tertiary/aromatic N) is 4. The van der Waals surface area contributed by atoms with Crippen LogP contribution in [0.25, 0.3) is 27.5 Å². The van der Waals surface area contributed by atoms with E-state index in [4.69, 9.17) is 0 Å². The van der Waals surface area contributed by atoms with E-state index in [1.165, 1.54) is 4.90 Å². The summed E-state index contributed by atoms with van der Waals surface area (Å²) in [5, 5.41) is 20.8. The molecule has 158 valence electrons. The zero-order chi connectivity index (χ0) is 23.4. The molecule has 1 aliphatic heterocycles. The number of hydrogen-bond donors (Lipinski definition) is 0. The Morgan fingerprint density at radius 3 is 1.85 bits per heavy atom. The molecule has 34 heavy (non-hydrogen) atoms. The molecule has 0 bridgehead atoms. The van der Waals surface area contributed by atoms with E-state index < -0.39 is 5.91 Å². The molecule has 6 rings (SSSR count). The molecule has 1 aromatic heterocycles. The van der Waals surface area contributed by atoms with Gasteiger partial charge in [-0.3, -0.25) is 9.59 Å². The highest BCUT2D eigenvalue weighted by Gasteiger charge is 2.39. The number of hydrogen-bond acceptors (Lipinski definition) is 4. The van der Waals surface area contributed by atoms with Gasteiger partial charge in [-0.25, -0.2) is 4.90 Å². The van der Waals surface area contributed by atoms with Gasteiger partial charge in [0, 0.05) is 10.8 Å². The Kier molecular flexibility index (Phi) is 4.10. The predicted molar refractivity (Wildman–Crippen MR) is 128 cm³/mol. The molecule has 0 unspecified atom stereocenters. The molecule has 4 aromatic carbocycles. The third-order valence-corrected chi connectivity index (χ3v) is 6.17. The van der Waals surface area contributed by atoms with Crippen LogP contribution in [0.5, 0.6) is 0 Å². The van der Waals surface area contributed by atoms with E-state index in [0.717, 1.165) is 21.8 Å². The van der Waals surface area contributed by atoms with Gasteiger partial charge in [0.1, 0.15) is 0 Å².